The molecule has 0 aliphatic carbocycles. The number of nitrogens with one attached hydrogen (secondary N) is 1. The van der Waals surface area contributed by atoms with Crippen LogP contribution in [0, 0.1) is 0 Å². The Labute approximate surface area is 81.0 Å². The van der Waals surface area contributed by atoms with E-state index in [4.69, 9.17) is 0 Å². The van der Waals surface area contributed by atoms with Crippen LogP contribution in [0.1, 0.15) is 20.3 Å². The van der Waals surface area contributed by atoms with Crippen molar-refractivity contribution < 1.29 is 4.79 Å². The van der Waals surface area contributed by atoms with Crippen molar-refractivity contribution in [2.45, 2.75) is 20.3 Å². The molecule has 0 bridgehead atoms. The van der Waals surface area contributed by atoms with Gasteiger partial charge in [0, 0.05) is 13.5 Å². The third-order valence-electron chi connectivity index (χ3n) is 1.27. The van der Waals surface area contributed by atoms with Gasteiger partial charge in [-0.3, -0.25) is 4.79 Å². The predicted octanol–water partition coefficient (Wildman–Crippen LogP) is 2.45. The molecule has 0 saturated carbocycles. The molecule has 0 aromatic rings. The van der Waals surface area contributed by atoms with Gasteiger partial charge in [-0.15, -0.1) is 13.2 Å². The first-order valence-corrected chi connectivity index (χ1v) is 4.26. The van der Waals surface area contributed by atoms with Crippen LogP contribution in [0.25, 0.3) is 0 Å². The van der Waals surface area contributed by atoms with Crippen molar-refractivity contribution in [2.75, 3.05) is 6.54 Å². The van der Waals surface area contributed by atoms with Crippen molar-refractivity contribution in [3.8, 4) is 0 Å². The number of amides is 1. The van der Waals surface area contributed by atoms with E-state index in [9.17, 15) is 4.79 Å². The van der Waals surface area contributed by atoms with Crippen LogP contribution in [0.5, 0.6) is 0 Å². The highest BCUT2D eigenvalue weighted by Crippen LogP contribution is 1.95. The average Bonchev–Trinajstić information content (AvgIpc) is 2.15. The molecule has 1 N–H and O–H groups in total. The van der Waals surface area contributed by atoms with Gasteiger partial charge in [0.05, 0.1) is 0 Å². The Morgan fingerprint density at radius 2 is 2.00 bits per heavy atom. The molecule has 0 aliphatic heterocycles. The van der Waals surface area contributed by atoms with Crippen LogP contribution in [0.4, 0.5) is 0 Å². The molecule has 2 heteroatoms. The summed E-state index contributed by atoms with van der Waals surface area (Å²) in [5.41, 5.74) is 1.07. The quantitative estimate of drug-likeness (QED) is 0.524. The maximum Gasteiger partial charge on any atom is 0.217 e. The Kier molecular flexibility index (Phi) is 11.7. The molecule has 2 nitrogen and oxygen atoms in total. The molecule has 0 saturated heterocycles. The summed E-state index contributed by atoms with van der Waals surface area (Å²) in [5, 5.41) is 2.70. The lowest BCUT2D eigenvalue weighted by Crippen LogP contribution is -2.21. The SMILES string of the molecule is C=C.C=CC(=CCC)CNC(C)=O. The zero-order chi connectivity index (χ0) is 10.7. The first-order valence-electron chi connectivity index (χ1n) is 4.26. The maximum absolute atomic E-state index is 10.5. The third kappa shape index (κ3) is 10.7. The largest absolute Gasteiger partial charge is 0.352 e. The van der Waals surface area contributed by atoms with Crippen molar-refractivity contribution in [2.24, 2.45) is 0 Å². The monoisotopic (exact) mass is 181 g/mol. The van der Waals surface area contributed by atoms with E-state index >= 15 is 0 Å². The van der Waals surface area contributed by atoms with Crippen LogP contribution in [-0.2, 0) is 4.79 Å². The molecule has 0 radical (unpaired) electrons. The molecule has 0 spiro atoms. The number of allylic oxidation sites excluding steroid dienone is 1. The minimum Gasteiger partial charge on any atom is -0.352 e. The number of carbonyl (C=O) groups excluding carboxylic acids is 1. The van der Waals surface area contributed by atoms with Crippen LogP contribution < -0.4 is 5.32 Å². The summed E-state index contributed by atoms with van der Waals surface area (Å²) in [6.07, 6.45) is 4.78. The molecule has 0 aromatic carbocycles. The molecule has 0 heterocycles. The highest BCUT2D eigenvalue weighted by atomic mass is 16.1. The Hall–Kier alpha value is -1.31. The highest BCUT2D eigenvalue weighted by Gasteiger charge is 1.91. The van der Waals surface area contributed by atoms with E-state index in [0.717, 1.165) is 12.0 Å². The normalized spacial score (nSPS) is 9.54. The first-order chi connectivity index (χ1) is 6.20. The summed E-state index contributed by atoms with van der Waals surface area (Å²) in [6, 6.07) is 0. The molecular formula is C11H19NO. The number of carbonyl (C=O) groups is 1. The van der Waals surface area contributed by atoms with E-state index in [0.29, 0.717) is 6.54 Å². The Morgan fingerprint density at radius 3 is 2.31 bits per heavy atom. The predicted molar refractivity (Wildman–Crippen MR) is 58.5 cm³/mol. The van der Waals surface area contributed by atoms with E-state index in [1.165, 1.54) is 6.92 Å². The second kappa shape index (κ2) is 10.7. The lowest BCUT2D eigenvalue weighted by molar-refractivity contribution is -0.118. The summed E-state index contributed by atoms with van der Waals surface area (Å²) in [6.45, 7) is 13.8. The van der Waals surface area contributed by atoms with Crippen molar-refractivity contribution >= 4 is 5.91 Å². The zero-order valence-corrected chi connectivity index (χ0v) is 8.60. The summed E-state index contributed by atoms with van der Waals surface area (Å²) in [4.78, 5) is 10.5. The van der Waals surface area contributed by atoms with Crippen molar-refractivity contribution in [3.63, 3.8) is 0 Å². The Bertz CT molecular complexity index is 183. The summed E-state index contributed by atoms with van der Waals surface area (Å²) in [7, 11) is 0. The van der Waals surface area contributed by atoms with Gasteiger partial charge in [0.1, 0.15) is 0 Å². The zero-order valence-electron chi connectivity index (χ0n) is 8.60. The number of hydrogen-bond donors (Lipinski definition) is 1. The van der Waals surface area contributed by atoms with Gasteiger partial charge in [-0.05, 0) is 12.0 Å². The summed E-state index contributed by atoms with van der Waals surface area (Å²) < 4.78 is 0. The minimum absolute atomic E-state index is 0.00569. The second-order valence-electron chi connectivity index (χ2n) is 2.30. The summed E-state index contributed by atoms with van der Waals surface area (Å²) in [5.74, 6) is -0.00569. The topological polar surface area (TPSA) is 29.1 Å². The van der Waals surface area contributed by atoms with E-state index in [2.05, 4.69) is 32.0 Å². The lowest BCUT2D eigenvalue weighted by Gasteiger charge is -2.01. The fourth-order valence-electron chi connectivity index (χ4n) is 0.716. The van der Waals surface area contributed by atoms with Gasteiger partial charge >= 0.3 is 0 Å². The van der Waals surface area contributed by atoms with Crippen LogP contribution in [0.15, 0.2) is 37.5 Å². The molecule has 0 aliphatic rings. The van der Waals surface area contributed by atoms with Crippen LogP contribution in [0.2, 0.25) is 0 Å². The summed E-state index contributed by atoms with van der Waals surface area (Å²) >= 11 is 0. The molecule has 0 unspecified atom stereocenters. The molecule has 0 atom stereocenters. The van der Waals surface area contributed by atoms with Crippen LogP contribution >= 0.6 is 0 Å². The van der Waals surface area contributed by atoms with Gasteiger partial charge in [-0.25, -0.2) is 0 Å². The standard InChI is InChI=1S/C9H15NO.C2H4/c1-4-6-9(5-2)7-10-8(3)11;1-2/h5-6H,2,4,7H2,1,3H3,(H,10,11);1-2H2. The Morgan fingerprint density at radius 1 is 1.46 bits per heavy atom. The Balaban J connectivity index is 0. The van der Waals surface area contributed by atoms with E-state index in [-0.39, 0.29) is 5.91 Å². The molecule has 13 heavy (non-hydrogen) atoms. The van der Waals surface area contributed by atoms with Crippen molar-refractivity contribution in [1.29, 1.82) is 0 Å². The van der Waals surface area contributed by atoms with Crippen LogP contribution in [0.3, 0.4) is 0 Å². The van der Waals surface area contributed by atoms with Crippen molar-refractivity contribution in [1.82, 2.24) is 5.32 Å². The molecule has 1 amide bonds. The van der Waals surface area contributed by atoms with Gasteiger partial charge in [0.25, 0.3) is 0 Å². The van der Waals surface area contributed by atoms with E-state index in [1.54, 1.807) is 6.08 Å². The number of rotatable bonds is 4. The third-order valence-corrected chi connectivity index (χ3v) is 1.27. The van der Waals surface area contributed by atoms with E-state index in [1.807, 2.05) is 6.08 Å². The minimum atomic E-state index is -0.00569. The fourth-order valence-corrected chi connectivity index (χ4v) is 0.716. The van der Waals surface area contributed by atoms with Crippen LogP contribution in [-0.4, -0.2) is 12.5 Å². The second-order valence-corrected chi connectivity index (χ2v) is 2.30. The van der Waals surface area contributed by atoms with Gasteiger partial charge < -0.3 is 5.32 Å². The smallest absolute Gasteiger partial charge is 0.217 e. The van der Waals surface area contributed by atoms with Crippen molar-refractivity contribution in [3.05, 3.63) is 37.5 Å². The molecule has 0 aromatic heterocycles. The molecule has 0 fully saturated rings. The van der Waals surface area contributed by atoms with Gasteiger partial charge in [0.2, 0.25) is 5.91 Å². The molecule has 74 valence electrons. The number of hydrogen-bond acceptors (Lipinski definition) is 1. The highest BCUT2D eigenvalue weighted by molar-refractivity contribution is 5.73. The molecular weight excluding hydrogens is 162 g/mol. The lowest BCUT2D eigenvalue weighted by atomic mass is 10.2. The van der Waals surface area contributed by atoms with Gasteiger partial charge in [-0.1, -0.05) is 25.7 Å². The molecule has 0 rings (SSSR count). The van der Waals surface area contributed by atoms with E-state index < -0.39 is 0 Å². The fraction of sp³-hybridized carbons (Fsp3) is 0.364. The van der Waals surface area contributed by atoms with Gasteiger partial charge in [-0.2, -0.15) is 0 Å². The first kappa shape index (κ1) is 14.2. The maximum atomic E-state index is 10.5. The average molecular weight is 181 g/mol. The van der Waals surface area contributed by atoms with Gasteiger partial charge in [0.15, 0.2) is 0 Å².